The molecule has 1 amide bonds. The molecule has 0 atom stereocenters. The number of aryl methyl sites for hydroxylation is 3. The summed E-state index contributed by atoms with van der Waals surface area (Å²) in [6, 6.07) is 12.3. The summed E-state index contributed by atoms with van der Waals surface area (Å²) >= 11 is 5.04. The molecule has 2 rings (SSSR count). The SMILES string of the molecule is CCc1ccc(C=NNC(=O)CSc2cc(C)c(Br)cc2C)cc1. The van der Waals surface area contributed by atoms with Crippen LogP contribution in [0.5, 0.6) is 0 Å². The van der Waals surface area contributed by atoms with Crippen molar-refractivity contribution in [1.82, 2.24) is 5.43 Å². The number of hydrazone groups is 1. The Hall–Kier alpha value is -1.59. The minimum Gasteiger partial charge on any atom is -0.272 e. The van der Waals surface area contributed by atoms with Crippen molar-refractivity contribution in [2.24, 2.45) is 5.10 Å². The number of halogens is 1. The molecule has 0 heterocycles. The standard InChI is InChI=1S/C19H21BrN2OS/c1-4-15-5-7-16(8-6-15)11-21-22-19(23)12-24-18-10-13(2)17(20)9-14(18)3/h5-11H,4,12H2,1-3H3,(H,22,23). The van der Waals surface area contributed by atoms with E-state index in [-0.39, 0.29) is 5.91 Å². The topological polar surface area (TPSA) is 41.5 Å². The van der Waals surface area contributed by atoms with Gasteiger partial charge in [0.15, 0.2) is 0 Å². The first-order chi connectivity index (χ1) is 11.5. The number of rotatable bonds is 6. The van der Waals surface area contributed by atoms with Gasteiger partial charge in [-0.25, -0.2) is 5.43 Å². The van der Waals surface area contributed by atoms with Crippen molar-refractivity contribution >= 4 is 39.8 Å². The molecule has 5 heteroatoms. The van der Waals surface area contributed by atoms with Gasteiger partial charge in [0, 0.05) is 9.37 Å². The highest BCUT2D eigenvalue weighted by Gasteiger charge is 2.06. The van der Waals surface area contributed by atoms with E-state index in [0.29, 0.717) is 5.75 Å². The van der Waals surface area contributed by atoms with Crippen LogP contribution in [-0.2, 0) is 11.2 Å². The van der Waals surface area contributed by atoms with Crippen LogP contribution in [-0.4, -0.2) is 17.9 Å². The number of carbonyl (C=O) groups excluding carboxylic acids is 1. The number of hydrogen-bond acceptors (Lipinski definition) is 3. The van der Waals surface area contributed by atoms with Crippen LogP contribution in [0.2, 0.25) is 0 Å². The molecule has 3 nitrogen and oxygen atoms in total. The average molecular weight is 405 g/mol. The highest BCUT2D eigenvalue weighted by Crippen LogP contribution is 2.28. The van der Waals surface area contributed by atoms with Gasteiger partial charge in [0.1, 0.15) is 0 Å². The third-order valence-corrected chi connectivity index (χ3v) is 5.62. The van der Waals surface area contributed by atoms with E-state index < -0.39 is 0 Å². The average Bonchev–Trinajstić information content (AvgIpc) is 2.57. The summed E-state index contributed by atoms with van der Waals surface area (Å²) < 4.78 is 1.09. The van der Waals surface area contributed by atoms with E-state index in [4.69, 9.17) is 0 Å². The van der Waals surface area contributed by atoms with Crippen molar-refractivity contribution in [2.75, 3.05) is 5.75 Å². The molecule has 0 unspecified atom stereocenters. The van der Waals surface area contributed by atoms with Crippen molar-refractivity contribution in [3.8, 4) is 0 Å². The van der Waals surface area contributed by atoms with Crippen molar-refractivity contribution in [3.05, 3.63) is 63.1 Å². The number of thioether (sulfide) groups is 1. The quantitative estimate of drug-likeness (QED) is 0.423. The molecule has 0 bridgehead atoms. The zero-order chi connectivity index (χ0) is 17.5. The van der Waals surface area contributed by atoms with Crippen LogP contribution in [0.15, 0.2) is 50.9 Å². The maximum atomic E-state index is 11.9. The van der Waals surface area contributed by atoms with Crippen LogP contribution in [0.4, 0.5) is 0 Å². The number of carbonyl (C=O) groups is 1. The molecule has 0 saturated heterocycles. The number of hydrogen-bond donors (Lipinski definition) is 1. The van der Waals surface area contributed by atoms with Gasteiger partial charge >= 0.3 is 0 Å². The molecule has 0 spiro atoms. The summed E-state index contributed by atoms with van der Waals surface area (Å²) in [6.45, 7) is 6.21. The lowest BCUT2D eigenvalue weighted by Crippen LogP contribution is -2.19. The highest BCUT2D eigenvalue weighted by atomic mass is 79.9. The van der Waals surface area contributed by atoms with E-state index in [2.05, 4.69) is 57.6 Å². The lowest BCUT2D eigenvalue weighted by Gasteiger charge is -2.08. The third-order valence-electron chi connectivity index (χ3n) is 3.61. The van der Waals surface area contributed by atoms with Crippen molar-refractivity contribution in [2.45, 2.75) is 32.1 Å². The molecule has 0 aromatic heterocycles. The van der Waals surface area contributed by atoms with Crippen molar-refractivity contribution in [1.29, 1.82) is 0 Å². The molecule has 0 saturated carbocycles. The fourth-order valence-electron chi connectivity index (χ4n) is 2.10. The van der Waals surface area contributed by atoms with Crippen LogP contribution in [0.3, 0.4) is 0 Å². The number of benzene rings is 2. The fraction of sp³-hybridized carbons (Fsp3) is 0.263. The first-order valence-electron chi connectivity index (χ1n) is 7.80. The molecular formula is C19H21BrN2OS. The number of amides is 1. The van der Waals surface area contributed by atoms with E-state index in [9.17, 15) is 4.79 Å². The molecule has 1 N–H and O–H groups in total. The highest BCUT2D eigenvalue weighted by molar-refractivity contribution is 9.10. The van der Waals surface area contributed by atoms with E-state index in [0.717, 1.165) is 32.5 Å². The van der Waals surface area contributed by atoms with E-state index in [1.54, 1.807) is 6.21 Å². The molecule has 24 heavy (non-hydrogen) atoms. The van der Waals surface area contributed by atoms with Gasteiger partial charge in [-0.1, -0.05) is 47.1 Å². The first-order valence-corrected chi connectivity index (χ1v) is 9.58. The zero-order valence-electron chi connectivity index (χ0n) is 14.1. The predicted molar refractivity (Wildman–Crippen MR) is 106 cm³/mol. The Labute approximate surface area is 156 Å². The van der Waals surface area contributed by atoms with E-state index in [1.807, 2.05) is 26.0 Å². The Morgan fingerprint density at radius 1 is 1.21 bits per heavy atom. The van der Waals surface area contributed by atoms with Gasteiger partial charge in [0.05, 0.1) is 12.0 Å². The summed E-state index contributed by atoms with van der Waals surface area (Å²) in [7, 11) is 0. The summed E-state index contributed by atoms with van der Waals surface area (Å²) in [5, 5.41) is 4.02. The van der Waals surface area contributed by atoms with Gasteiger partial charge in [-0.15, -0.1) is 11.8 Å². The lowest BCUT2D eigenvalue weighted by atomic mass is 10.1. The van der Waals surface area contributed by atoms with Gasteiger partial charge in [-0.3, -0.25) is 4.79 Å². The minimum absolute atomic E-state index is 0.110. The fourth-order valence-corrected chi connectivity index (χ4v) is 3.46. The maximum Gasteiger partial charge on any atom is 0.250 e. The maximum absolute atomic E-state index is 11.9. The lowest BCUT2D eigenvalue weighted by molar-refractivity contribution is -0.118. The summed E-state index contributed by atoms with van der Waals surface area (Å²) in [5.74, 6) is 0.231. The van der Waals surface area contributed by atoms with Crippen molar-refractivity contribution in [3.63, 3.8) is 0 Å². The number of nitrogens with zero attached hydrogens (tertiary/aromatic N) is 1. The van der Waals surface area contributed by atoms with Gasteiger partial charge in [-0.05, 0) is 54.7 Å². The van der Waals surface area contributed by atoms with E-state index >= 15 is 0 Å². The van der Waals surface area contributed by atoms with Crippen LogP contribution < -0.4 is 5.43 Å². The second-order valence-corrected chi connectivity index (χ2v) is 7.42. The van der Waals surface area contributed by atoms with Crippen LogP contribution in [0.1, 0.15) is 29.2 Å². The summed E-state index contributed by atoms with van der Waals surface area (Å²) in [6.07, 6.45) is 2.68. The second-order valence-electron chi connectivity index (χ2n) is 5.54. The third kappa shape index (κ3) is 5.49. The van der Waals surface area contributed by atoms with Crippen LogP contribution in [0, 0.1) is 13.8 Å². The Bertz CT molecular complexity index is 742. The Kier molecular flexibility index (Phi) is 7.06. The largest absolute Gasteiger partial charge is 0.272 e. The first kappa shape index (κ1) is 18.7. The Morgan fingerprint density at radius 3 is 2.58 bits per heavy atom. The van der Waals surface area contributed by atoms with Gasteiger partial charge in [-0.2, -0.15) is 5.10 Å². The molecule has 2 aromatic carbocycles. The second kappa shape index (κ2) is 9.04. The zero-order valence-corrected chi connectivity index (χ0v) is 16.5. The predicted octanol–water partition coefficient (Wildman–Crippen LogP) is 4.87. The van der Waals surface area contributed by atoms with E-state index in [1.165, 1.54) is 17.3 Å². The molecule has 0 aliphatic heterocycles. The van der Waals surface area contributed by atoms with Gasteiger partial charge in [0.2, 0.25) is 5.91 Å². The molecular weight excluding hydrogens is 384 g/mol. The van der Waals surface area contributed by atoms with Crippen LogP contribution in [0.25, 0.3) is 0 Å². The molecule has 0 fully saturated rings. The summed E-state index contributed by atoms with van der Waals surface area (Å²) in [4.78, 5) is 13.0. The molecule has 0 aliphatic carbocycles. The Balaban J connectivity index is 1.85. The minimum atomic E-state index is -0.110. The smallest absolute Gasteiger partial charge is 0.250 e. The molecule has 0 radical (unpaired) electrons. The number of nitrogens with one attached hydrogen (secondary N) is 1. The van der Waals surface area contributed by atoms with Crippen LogP contribution >= 0.6 is 27.7 Å². The Morgan fingerprint density at radius 2 is 1.92 bits per heavy atom. The molecule has 126 valence electrons. The molecule has 2 aromatic rings. The monoisotopic (exact) mass is 404 g/mol. The van der Waals surface area contributed by atoms with Crippen molar-refractivity contribution < 1.29 is 4.79 Å². The normalized spacial score (nSPS) is 11.0. The van der Waals surface area contributed by atoms with Gasteiger partial charge in [0.25, 0.3) is 0 Å². The summed E-state index contributed by atoms with van der Waals surface area (Å²) in [5.41, 5.74) is 7.15. The van der Waals surface area contributed by atoms with Gasteiger partial charge < -0.3 is 0 Å². The molecule has 0 aliphatic rings.